The molecule has 0 unspecified atom stereocenters. The summed E-state index contributed by atoms with van der Waals surface area (Å²) >= 11 is 3.26. The van der Waals surface area contributed by atoms with Gasteiger partial charge in [0.05, 0.1) is 0 Å². The summed E-state index contributed by atoms with van der Waals surface area (Å²) in [5, 5.41) is 1.01. The van der Waals surface area contributed by atoms with E-state index in [4.69, 9.17) is 9.47 Å². The first-order chi connectivity index (χ1) is 9.14. The molecule has 0 heterocycles. The second-order valence-corrected chi connectivity index (χ2v) is 4.62. The molecule has 0 aromatic carbocycles. The minimum absolute atomic E-state index is 0.0370. The molecule has 0 aliphatic rings. The van der Waals surface area contributed by atoms with Gasteiger partial charge in [0, 0.05) is 25.0 Å². The highest BCUT2D eigenvalue weighted by Crippen LogP contribution is 1.94. The van der Waals surface area contributed by atoms with Crippen molar-refractivity contribution in [2.75, 3.05) is 18.5 Å². The van der Waals surface area contributed by atoms with Crippen LogP contribution in [0.3, 0.4) is 0 Å². The minimum atomic E-state index is -0.0370. The van der Waals surface area contributed by atoms with Gasteiger partial charge in [0.2, 0.25) is 0 Å². The lowest BCUT2D eigenvalue weighted by Crippen LogP contribution is -2.11. The van der Waals surface area contributed by atoms with Crippen molar-refractivity contribution in [3.63, 3.8) is 0 Å². The highest BCUT2D eigenvalue weighted by atomic mass is 79.9. The Labute approximate surface area is 128 Å². The van der Waals surface area contributed by atoms with Crippen molar-refractivity contribution >= 4 is 22.2 Å². The number of ether oxygens (including phenoxy) is 2. The fourth-order valence-electron chi connectivity index (χ4n) is 0.840. The van der Waals surface area contributed by atoms with E-state index in [1.807, 2.05) is 20.8 Å². The Balaban J connectivity index is -0.000000214. The quantitative estimate of drug-likeness (QED) is 0.257. The van der Waals surface area contributed by atoms with Gasteiger partial charge in [-0.15, -0.1) is 0 Å². The van der Waals surface area contributed by atoms with E-state index < -0.39 is 0 Å². The molecule has 0 spiro atoms. The molecule has 3 nitrogen and oxygen atoms in total. The molecule has 0 aromatic rings. The van der Waals surface area contributed by atoms with Crippen LogP contribution in [-0.2, 0) is 14.3 Å². The second-order valence-electron chi connectivity index (χ2n) is 3.83. The van der Waals surface area contributed by atoms with Crippen molar-refractivity contribution in [1.82, 2.24) is 0 Å². The van der Waals surface area contributed by atoms with Gasteiger partial charge in [0.15, 0.2) is 6.29 Å². The monoisotopic (exact) mass is 340 g/mol. The highest BCUT2D eigenvalue weighted by Gasteiger charge is 1.94. The zero-order chi connectivity index (χ0) is 15.4. The minimum Gasteiger partial charge on any atom is -0.353 e. The molecule has 0 rings (SSSR count). The number of rotatable bonds is 9. The van der Waals surface area contributed by atoms with Gasteiger partial charge >= 0.3 is 0 Å². The third-order valence-electron chi connectivity index (χ3n) is 2.01. The number of unbranched alkanes of at least 4 members (excludes halogenated alkanes) is 3. The van der Waals surface area contributed by atoms with Crippen LogP contribution in [0.4, 0.5) is 0 Å². The molecule has 0 aliphatic carbocycles. The topological polar surface area (TPSA) is 35.5 Å². The summed E-state index contributed by atoms with van der Waals surface area (Å²) in [5.41, 5.74) is 0. The van der Waals surface area contributed by atoms with Gasteiger partial charge in [-0.05, 0) is 33.6 Å². The molecule has 4 heteroatoms. The van der Waals surface area contributed by atoms with E-state index in [0.717, 1.165) is 37.7 Å². The smallest absolute Gasteiger partial charge is 0.154 e. The van der Waals surface area contributed by atoms with Crippen molar-refractivity contribution in [3.05, 3.63) is 0 Å². The maximum atomic E-state index is 9.66. The first kappa shape index (κ1) is 24.1. The second kappa shape index (κ2) is 26.6. The summed E-state index contributed by atoms with van der Waals surface area (Å²) in [4.78, 5) is 9.66. The van der Waals surface area contributed by atoms with Crippen LogP contribution < -0.4 is 0 Å². The highest BCUT2D eigenvalue weighted by molar-refractivity contribution is 9.09. The normalized spacial score (nSPS) is 9.21. The molecule has 0 amide bonds. The van der Waals surface area contributed by atoms with Gasteiger partial charge in [0.25, 0.3) is 0 Å². The maximum absolute atomic E-state index is 9.66. The Hall–Kier alpha value is 0.0700. The van der Waals surface area contributed by atoms with E-state index in [1.54, 1.807) is 0 Å². The van der Waals surface area contributed by atoms with Crippen molar-refractivity contribution in [2.45, 2.75) is 73.0 Å². The van der Waals surface area contributed by atoms with Gasteiger partial charge in [0.1, 0.15) is 6.29 Å². The molecule has 0 fully saturated rings. The lowest BCUT2D eigenvalue weighted by molar-refractivity contribution is -0.123. The van der Waals surface area contributed by atoms with Crippen LogP contribution in [0, 0.1) is 0 Å². The fourth-order valence-corrected chi connectivity index (χ4v) is 1.24. The summed E-state index contributed by atoms with van der Waals surface area (Å²) < 4.78 is 10.1. The van der Waals surface area contributed by atoms with Crippen LogP contribution in [0.25, 0.3) is 0 Å². The molecular weight excluding hydrogens is 308 g/mol. The first-order valence-electron chi connectivity index (χ1n) is 7.37. The molecule has 0 N–H and O–H groups in total. The van der Waals surface area contributed by atoms with E-state index in [2.05, 4.69) is 29.8 Å². The number of carbonyl (C=O) groups is 1. The fraction of sp³-hybridized carbons (Fsp3) is 0.933. The van der Waals surface area contributed by atoms with Crippen molar-refractivity contribution in [3.8, 4) is 0 Å². The van der Waals surface area contributed by atoms with Crippen molar-refractivity contribution in [2.24, 2.45) is 0 Å². The Morgan fingerprint density at radius 1 is 1.00 bits per heavy atom. The molecule has 0 bridgehead atoms. The first-order valence-corrected chi connectivity index (χ1v) is 8.49. The van der Waals surface area contributed by atoms with Gasteiger partial charge in [-0.3, -0.25) is 0 Å². The third-order valence-corrected chi connectivity index (χ3v) is 2.57. The number of hydrogen-bond donors (Lipinski definition) is 0. The SMILES string of the molecule is CCCC.CCOC(C)OCC.O=CCCCCBr. The van der Waals surface area contributed by atoms with Crippen LogP contribution in [0.15, 0.2) is 0 Å². The summed E-state index contributed by atoms with van der Waals surface area (Å²) in [7, 11) is 0. The van der Waals surface area contributed by atoms with Crippen molar-refractivity contribution in [1.29, 1.82) is 0 Å². The Bertz CT molecular complexity index is 135. The molecule has 0 saturated heterocycles. The van der Waals surface area contributed by atoms with E-state index in [9.17, 15) is 4.79 Å². The van der Waals surface area contributed by atoms with Crippen LogP contribution in [0.5, 0.6) is 0 Å². The molecule has 19 heavy (non-hydrogen) atoms. The standard InChI is InChI=1S/C6H14O2.C5H9BrO.C4H10/c1-4-7-6(3)8-5-2;6-4-2-1-3-5-7;1-3-4-2/h6H,4-5H2,1-3H3;5H,1-4H2;3-4H2,1-2H3. The van der Waals surface area contributed by atoms with Crippen LogP contribution in [0.1, 0.15) is 66.7 Å². The lowest BCUT2D eigenvalue weighted by atomic mass is 10.3. The Morgan fingerprint density at radius 3 is 1.74 bits per heavy atom. The largest absolute Gasteiger partial charge is 0.353 e. The Kier molecular flexibility index (Phi) is 33.8. The van der Waals surface area contributed by atoms with Crippen LogP contribution >= 0.6 is 15.9 Å². The molecule has 0 aliphatic heterocycles. The molecule has 0 radical (unpaired) electrons. The van der Waals surface area contributed by atoms with Gasteiger partial charge in [-0.25, -0.2) is 0 Å². The maximum Gasteiger partial charge on any atom is 0.154 e. The zero-order valence-corrected chi connectivity index (χ0v) is 15.0. The molecule has 0 saturated carbocycles. The predicted molar refractivity (Wildman–Crippen MR) is 87.0 cm³/mol. The molecule has 118 valence electrons. The average molecular weight is 341 g/mol. The summed E-state index contributed by atoms with van der Waals surface area (Å²) in [6, 6.07) is 0. The van der Waals surface area contributed by atoms with E-state index in [1.165, 1.54) is 12.8 Å². The lowest BCUT2D eigenvalue weighted by Gasteiger charge is -2.09. The molecular formula is C15H33BrO3. The number of hydrogen-bond acceptors (Lipinski definition) is 3. The van der Waals surface area contributed by atoms with Gasteiger partial charge in [-0.1, -0.05) is 42.6 Å². The average Bonchev–Trinajstić information content (AvgIpc) is 2.41. The number of carbonyl (C=O) groups excluding carboxylic acids is 1. The summed E-state index contributed by atoms with van der Waals surface area (Å²) in [6.07, 6.45) is 6.41. The number of aldehydes is 1. The summed E-state index contributed by atoms with van der Waals surface area (Å²) in [5.74, 6) is 0. The van der Waals surface area contributed by atoms with E-state index in [0.29, 0.717) is 6.42 Å². The van der Waals surface area contributed by atoms with Crippen molar-refractivity contribution < 1.29 is 14.3 Å². The van der Waals surface area contributed by atoms with E-state index in [-0.39, 0.29) is 6.29 Å². The van der Waals surface area contributed by atoms with Gasteiger partial charge < -0.3 is 14.3 Å². The number of alkyl halides is 1. The van der Waals surface area contributed by atoms with Gasteiger partial charge in [-0.2, -0.15) is 0 Å². The Morgan fingerprint density at radius 2 is 1.47 bits per heavy atom. The summed E-state index contributed by atoms with van der Waals surface area (Å²) in [6.45, 7) is 11.6. The molecule has 0 aromatic heterocycles. The van der Waals surface area contributed by atoms with Crippen LogP contribution in [0.2, 0.25) is 0 Å². The van der Waals surface area contributed by atoms with E-state index >= 15 is 0 Å². The zero-order valence-electron chi connectivity index (χ0n) is 13.4. The number of halogens is 1. The van der Waals surface area contributed by atoms with Crippen LogP contribution in [-0.4, -0.2) is 31.1 Å². The third kappa shape index (κ3) is 38.1. The molecule has 0 atom stereocenters. The predicted octanol–water partition coefficient (Wildman–Crippen LogP) is 4.96.